The van der Waals surface area contributed by atoms with Gasteiger partial charge in [0.15, 0.2) is 16.9 Å². The Hall–Kier alpha value is -2.34. The molecule has 0 radical (unpaired) electrons. The molecule has 2 aromatic carbocycles. The number of thioether (sulfide) groups is 1. The molecule has 1 atom stereocenters. The molecule has 0 saturated heterocycles. The Labute approximate surface area is 144 Å². The van der Waals surface area contributed by atoms with Crippen LogP contribution in [0.4, 0.5) is 0 Å². The van der Waals surface area contributed by atoms with Gasteiger partial charge in [-0.2, -0.15) is 0 Å². The van der Waals surface area contributed by atoms with Gasteiger partial charge in [0.2, 0.25) is 5.75 Å². The zero-order valence-corrected chi connectivity index (χ0v) is 14.7. The Morgan fingerprint density at radius 2 is 1.58 bits per heavy atom. The molecule has 24 heavy (non-hydrogen) atoms. The lowest BCUT2D eigenvalue weighted by molar-refractivity contribution is 0.0520. The Morgan fingerprint density at radius 1 is 0.958 bits per heavy atom. The molecule has 0 bridgehead atoms. The molecule has 1 aliphatic heterocycles. The molecule has 0 fully saturated rings. The van der Waals surface area contributed by atoms with Crippen LogP contribution >= 0.6 is 11.8 Å². The highest BCUT2D eigenvalue weighted by molar-refractivity contribution is 7.99. The number of carbonyl (C=O) groups excluding carboxylic acids is 1. The Kier molecular flexibility index (Phi) is 4.57. The Balaban J connectivity index is 2.16. The number of methoxy groups -OCH3 is 3. The van der Waals surface area contributed by atoms with E-state index < -0.39 is 5.44 Å². The second-order valence-corrected chi connectivity index (χ2v) is 6.32. The van der Waals surface area contributed by atoms with Crippen molar-refractivity contribution in [2.75, 3.05) is 21.3 Å². The number of cyclic esters (lactones) is 1. The minimum absolute atomic E-state index is 0.379. The van der Waals surface area contributed by atoms with E-state index in [1.165, 1.54) is 18.9 Å². The molecule has 0 aliphatic carbocycles. The molecular formula is C18H18O5S. The second-order valence-electron chi connectivity index (χ2n) is 5.18. The standard InChI is InChI=1S/C18H18O5S/c1-10-12-13(15(21-3)16(22-4)14(10)20-2)18(23-17(12)19)24-11-8-6-5-7-9-11/h5-9,18H,1-4H3. The molecule has 126 valence electrons. The van der Waals surface area contributed by atoms with E-state index in [-0.39, 0.29) is 5.97 Å². The summed E-state index contributed by atoms with van der Waals surface area (Å²) in [6.45, 7) is 1.82. The van der Waals surface area contributed by atoms with Crippen molar-refractivity contribution in [1.29, 1.82) is 0 Å². The maximum Gasteiger partial charge on any atom is 0.340 e. The highest BCUT2D eigenvalue weighted by atomic mass is 32.2. The third kappa shape index (κ3) is 2.57. The van der Waals surface area contributed by atoms with Crippen LogP contribution in [0.5, 0.6) is 17.2 Å². The predicted molar refractivity (Wildman–Crippen MR) is 91.3 cm³/mol. The quantitative estimate of drug-likeness (QED) is 0.763. The predicted octanol–water partition coefficient (Wildman–Crippen LogP) is 3.98. The first-order valence-corrected chi connectivity index (χ1v) is 8.25. The van der Waals surface area contributed by atoms with Crippen molar-refractivity contribution in [2.45, 2.75) is 17.3 Å². The van der Waals surface area contributed by atoms with E-state index in [1.807, 2.05) is 37.3 Å². The largest absolute Gasteiger partial charge is 0.492 e. The first-order chi connectivity index (χ1) is 11.6. The first-order valence-electron chi connectivity index (χ1n) is 7.37. The van der Waals surface area contributed by atoms with Crippen LogP contribution in [-0.2, 0) is 4.74 Å². The molecule has 3 rings (SSSR count). The normalized spacial score (nSPS) is 15.7. The van der Waals surface area contributed by atoms with Gasteiger partial charge in [0.05, 0.1) is 32.5 Å². The third-order valence-corrected chi connectivity index (χ3v) is 4.98. The highest BCUT2D eigenvalue weighted by Gasteiger charge is 2.40. The zero-order valence-electron chi connectivity index (χ0n) is 13.9. The zero-order chi connectivity index (χ0) is 17.3. The van der Waals surface area contributed by atoms with Gasteiger partial charge in [-0.1, -0.05) is 30.0 Å². The second kappa shape index (κ2) is 6.65. The summed E-state index contributed by atoms with van der Waals surface area (Å²) in [5, 5.41) is 0. The fourth-order valence-corrected chi connectivity index (χ4v) is 3.91. The fourth-order valence-electron chi connectivity index (χ4n) is 2.87. The van der Waals surface area contributed by atoms with Crippen LogP contribution in [0.15, 0.2) is 35.2 Å². The van der Waals surface area contributed by atoms with E-state index in [2.05, 4.69) is 0 Å². The Morgan fingerprint density at radius 3 is 2.17 bits per heavy atom. The maximum absolute atomic E-state index is 12.4. The van der Waals surface area contributed by atoms with Gasteiger partial charge in [-0.3, -0.25) is 0 Å². The molecule has 2 aromatic rings. The molecular weight excluding hydrogens is 328 g/mol. The molecule has 0 N–H and O–H groups in total. The number of hydrogen-bond acceptors (Lipinski definition) is 6. The number of benzene rings is 2. The summed E-state index contributed by atoms with van der Waals surface area (Å²) < 4.78 is 22.0. The van der Waals surface area contributed by atoms with E-state index in [1.54, 1.807) is 14.2 Å². The van der Waals surface area contributed by atoms with Crippen molar-refractivity contribution < 1.29 is 23.7 Å². The average molecular weight is 346 g/mol. The van der Waals surface area contributed by atoms with Crippen LogP contribution in [0.3, 0.4) is 0 Å². The lowest BCUT2D eigenvalue weighted by Crippen LogP contribution is -2.05. The molecule has 0 amide bonds. The molecule has 6 heteroatoms. The third-order valence-electron chi connectivity index (χ3n) is 3.89. The number of fused-ring (bicyclic) bond motifs is 1. The highest BCUT2D eigenvalue weighted by Crippen LogP contribution is 2.54. The van der Waals surface area contributed by atoms with Crippen molar-refractivity contribution >= 4 is 17.7 Å². The summed E-state index contributed by atoms with van der Waals surface area (Å²) in [5.74, 6) is 1.04. The van der Waals surface area contributed by atoms with Crippen LogP contribution in [0.25, 0.3) is 0 Å². The van der Waals surface area contributed by atoms with Gasteiger partial charge >= 0.3 is 5.97 Å². The number of rotatable bonds is 5. The number of carbonyl (C=O) groups is 1. The van der Waals surface area contributed by atoms with Gasteiger partial charge in [0.1, 0.15) is 0 Å². The summed E-state index contributed by atoms with van der Waals surface area (Å²) in [4.78, 5) is 13.4. The molecule has 1 unspecified atom stereocenters. The minimum atomic E-state index is -0.497. The lowest BCUT2D eigenvalue weighted by atomic mass is 10.0. The van der Waals surface area contributed by atoms with E-state index >= 15 is 0 Å². The topological polar surface area (TPSA) is 54.0 Å². The van der Waals surface area contributed by atoms with E-state index in [4.69, 9.17) is 18.9 Å². The van der Waals surface area contributed by atoms with Crippen molar-refractivity contribution in [3.8, 4) is 17.2 Å². The maximum atomic E-state index is 12.4. The van der Waals surface area contributed by atoms with Crippen molar-refractivity contribution in [3.05, 3.63) is 47.0 Å². The molecule has 1 aliphatic rings. The van der Waals surface area contributed by atoms with E-state index in [0.717, 1.165) is 4.90 Å². The summed E-state index contributed by atoms with van der Waals surface area (Å²) in [5.41, 5.74) is 1.36. The monoisotopic (exact) mass is 346 g/mol. The number of ether oxygens (including phenoxy) is 4. The van der Waals surface area contributed by atoms with Crippen LogP contribution in [0.2, 0.25) is 0 Å². The SMILES string of the molecule is COc1c(C)c2c(c(OC)c1OC)C(Sc1ccccc1)OC2=O. The smallest absolute Gasteiger partial charge is 0.340 e. The number of hydrogen-bond donors (Lipinski definition) is 0. The molecule has 5 nitrogen and oxygen atoms in total. The van der Waals surface area contributed by atoms with Gasteiger partial charge in [-0.15, -0.1) is 0 Å². The fraction of sp³-hybridized carbons (Fsp3) is 0.278. The summed E-state index contributed by atoms with van der Waals surface area (Å²) in [6, 6.07) is 9.76. The van der Waals surface area contributed by atoms with Crippen molar-refractivity contribution in [1.82, 2.24) is 0 Å². The molecule has 0 saturated carbocycles. The summed E-state index contributed by atoms with van der Waals surface area (Å²) in [7, 11) is 4.62. The Bertz CT molecular complexity index is 773. The average Bonchev–Trinajstić information content (AvgIpc) is 2.92. The van der Waals surface area contributed by atoms with Crippen molar-refractivity contribution in [2.24, 2.45) is 0 Å². The van der Waals surface area contributed by atoms with Gasteiger partial charge in [0.25, 0.3) is 0 Å². The first kappa shape index (κ1) is 16.5. The van der Waals surface area contributed by atoms with Gasteiger partial charge < -0.3 is 18.9 Å². The van der Waals surface area contributed by atoms with Gasteiger partial charge in [-0.05, 0) is 19.1 Å². The molecule has 0 aromatic heterocycles. The van der Waals surface area contributed by atoms with E-state index in [9.17, 15) is 4.79 Å². The van der Waals surface area contributed by atoms with Crippen LogP contribution < -0.4 is 14.2 Å². The summed E-state index contributed by atoms with van der Waals surface area (Å²) >= 11 is 1.45. The van der Waals surface area contributed by atoms with Gasteiger partial charge in [0, 0.05) is 10.5 Å². The van der Waals surface area contributed by atoms with E-state index in [0.29, 0.717) is 33.9 Å². The lowest BCUT2D eigenvalue weighted by Gasteiger charge is -2.19. The minimum Gasteiger partial charge on any atom is -0.492 e. The number of esters is 1. The van der Waals surface area contributed by atoms with Crippen LogP contribution in [0, 0.1) is 6.92 Å². The molecule has 0 spiro atoms. The van der Waals surface area contributed by atoms with Gasteiger partial charge in [-0.25, -0.2) is 4.79 Å². The van der Waals surface area contributed by atoms with Crippen molar-refractivity contribution in [3.63, 3.8) is 0 Å². The summed E-state index contributed by atoms with van der Waals surface area (Å²) in [6.07, 6.45) is 0. The van der Waals surface area contributed by atoms with Crippen LogP contribution in [-0.4, -0.2) is 27.3 Å². The van der Waals surface area contributed by atoms with Crippen LogP contribution in [0.1, 0.15) is 26.9 Å². The molecule has 1 heterocycles.